The first-order valence-corrected chi connectivity index (χ1v) is 11.7. The summed E-state index contributed by atoms with van der Waals surface area (Å²) in [4.78, 5) is 18.5. The number of fused-ring (bicyclic) bond motifs is 5. The summed E-state index contributed by atoms with van der Waals surface area (Å²) in [6, 6.07) is 0. The SMILES string of the molecule is C=C1CC2CC(=NOC3CCNC3)CC[C@]2(CO)C2CC[C@]3(C)C(=O)CCC3C12. The Morgan fingerprint density at radius 2 is 2.07 bits per heavy atom. The van der Waals surface area contributed by atoms with Gasteiger partial charge in [-0.2, -0.15) is 0 Å². The molecule has 1 heterocycles. The first-order chi connectivity index (χ1) is 14.0. The molecule has 0 spiro atoms. The second-order valence-corrected chi connectivity index (χ2v) is 10.7. The number of hydrogen-bond acceptors (Lipinski definition) is 5. The maximum absolute atomic E-state index is 12.7. The van der Waals surface area contributed by atoms with E-state index in [-0.39, 0.29) is 23.5 Å². The number of ketones is 1. The van der Waals surface area contributed by atoms with Crippen LogP contribution in [0.3, 0.4) is 0 Å². The van der Waals surface area contributed by atoms with E-state index in [9.17, 15) is 9.90 Å². The Balaban J connectivity index is 1.38. The fourth-order valence-electron chi connectivity index (χ4n) is 7.79. The number of aliphatic hydroxyl groups is 1. The van der Waals surface area contributed by atoms with Crippen molar-refractivity contribution in [2.45, 2.75) is 70.8 Å². The highest BCUT2D eigenvalue weighted by atomic mass is 16.6. The summed E-state index contributed by atoms with van der Waals surface area (Å²) in [5, 5.41) is 18.5. The molecule has 5 fully saturated rings. The van der Waals surface area contributed by atoms with Gasteiger partial charge in [0.15, 0.2) is 0 Å². The van der Waals surface area contributed by atoms with Gasteiger partial charge in [-0.1, -0.05) is 24.2 Å². The van der Waals surface area contributed by atoms with E-state index in [4.69, 9.17) is 4.84 Å². The van der Waals surface area contributed by atoms with E-state index in [0.29, 0.717) is 29.5 Å². The number of Topliss-reactive ketones (excluding diaryl/α,β-unsaturated/α-hetero) is 1. The highest BCUT2D eigenvalue weighted by molar-refractivity contribution is 5.87. The molecule has 160 valence electrons. The highest BCUT2D eigenvalue weighted by Crippen LogP contribution is 2.66. The molecule has 0 aromatic rings. The number of nitrogens with one attached hydrogen (secondary N) is 1. The minimum Gasteiger partial charge on any atom is -0.396 e. The van der Waals surface area contributed by atoms with Gasteiger partial charge in [-0.3, -0.25) is 4.79 Å². The topological polar surface area (TPSA) is 70.9 Å². The third-order valence-electron chi connectivity index (χ3n) is 9.51. The summed E-state index contributed by atoms with van der Waals surface area (Å²) >= 11 is 0. The Kier molecular flexibility index (Phi) is 4.90. The molecule has 5 aliphatic rings. The van der Waals surface area contributed by atoms with Crippen molar-refractivity contribution < 1.29 is 14.7 Å². The molecule has 5 nitrogen and oxygen atoms in total. The fourth-order valence-corrected chi connectivity index (χ4v) is 7.79. The van der Waals surface area contributed by atoms with E-state index < -0.39 is 0 Å². The minimum absolute atomic E-state index is 0.0350. The van der Waals surface area contributed by atoms with Gasteiger partial charge in [0.1, 0.15) is 11.9 Å². The molecule has 5 rings (SSSR count). The van der Waals surface area contributed by atoms with E-state index >= 15 is 0 Å². The van der Waals surface area contributed by atoms with Crippen molar-refractivity contribution in [3.05, 3.63) is 12.2 Å². The van der Waals surface area contributed by atoms with Gasteiger partial charge < -0.3 is 15.3 Å². The zero-order chi connectivity index (χ0) is 20.2. The average Bonchev–Trinajstić information content (AvgIpc) is 3.34. The smallest absolute Gasteiger partial charge is 0.141 e. The highest BCUT2D eigenvalue weighted by Gasteiger charge is 2.62. The zero-order valence-electron chi connectivity index (χ0n) is 17.8. The molecule has 4 aliphatic carbocycles. The summed E-state index contributed by atoms with van der Waals surface area (Å²) in [7, 11) is 0. The van der Waals surface area contributed by atoms with Crippen molar-refractivity contribution in [2.75, 3.05) is 19.7 Å². The van der Waals surface area contributed by atoms with Gasteiger partial charge in [0, 0.05) is 36.8 Å². The van der Waals surface area contributed by atoms with Crippen LogP contribution in [-0.4, -0.2) is 42.4 Å². The van der Waals surface area contributed by atoms with Crippen molar-refractivity contribution in [2.24, 2.45) is 39.7 Å². The van der Waals surface area contributed by atoms with Gasteiger partial charge in [0.2, 0.25) is 0 Å². The van der Waals surface area contributed by atoms with E-state index in [1.54, 1.807) is 0 Å². The molecular formula is C24H36N2O3. The second kappa shape index (κ2) is 7.19. The van der Waals surface area contributed by atoms with E-state index in [1.807, 2.05) is 0 Å². The normalized spacial score (nSPS) is 48.3. The monoisotopic (exact) mass is 400 g/mol. The van der Waals surface area contributed by atoms with Crippen molar-refractivity contribution in [3.63, 3.8) is 0 Å². The summed E-state index contributed by atoms with van der Waals surface area (Å²) in [5.41, 5.74) is 2.30. The third kappa shape index (κ3) is 2.95. The van der Waals surface area contributed by atoms with Gasteiger partial charge >= 0.3 is 0 Å². The van der Waals surface area contributed by atoms with Gasteiger partial charge in [-0.05, 0) is 75.2 Å². The number of carbonyl (C=O) groups is 1. The van der Waals surface area contributed by atoms with Crippen molar-refractivity contribution in [1.29, 1.82) is 0 Å². The predicted molar refractivity (Wildman–Crippen MR) is 112 cm³/mol. The van der Waals surface area contributed by atoms with Crippen LogP contribution in [0.15, 0.2) is 17.3 Å². The lowest BCUT2D eigenvalue weighted by Crippen LogP contribution is -2.57. The maximum Gasteiger partial charge on any atom is 0.141 e. The van der Waals surface area contributed by atoms with E-state index in [1.165, 1.54) is 5.57 Å². The molecule has 7 atom stereocenters. The molecule has 29 heavy (non-hydrogen) atoms. The number of carbonyl (C=O) groups excluding carboxylic acids is 1. The van der Waals surface area contributed by atoms with Crippen LogP contribution in [0.4, 0.5) is 0 Å². The van der Waals surface area contributed by atoms with Crippen LogP contribution in [0, 0.1) is 34.5 Å². The molecule has 1 saturated heterocycles. The maximum atomic E-state index is 12.7. The number of oxime groups is 1. The molecule has 2 N–H and O–H groups in total. The lowest BCUT2D eigenvalue weighted by atomic mass is 9.44. The summed E-state index contributed by atoms with van der Waals surface area (Å²) < 4.78 is 0. The Hall–Kier alpha value is -1.20. The summed E-state index contributed by atoms with van der Waals surface area (Å²) in [5.74, 6) is 2.16. The van der Waals surface area contributed by atoms with Crippen LogP contribution in [0.2, 0.25) is 0 Å². The van der Waals surface area contributed by atoms with Crippen molar-refractivity contribution in [3.8, 4) is 0 Å². The van der Waals surface area contributed by atoms with E-state index in [2.05, 4.69) is 24.0 Å². The largest absolute Gasteiger partial charge is 0.396 e. The van der Waals surface area contributed by atoms with Gasteiger partial charge in [-0.25, -0.2) is 0 Å². The van der Waals surface area contributed by atoms with E-state index in [0.717, 1.165) is 76.6 Å². The Morgan fingerprint density at radius 1 is 1.21 bits per heavy atom. The first kappa shape index (κ1) is 19.7. The molecular weight excluding hydrogens is 364 g/mol. The molecule has 0 amide bonds. The first-order valence-electron chi connectivity index (χ1n) is 11.7. The third-order valence-corrected chi connectivity index (χ3v) is 9.51. The van der Waals surface area contributed by atoms with Crippen LogP contribution in [0.25, 0.3) is 0 Å². The zero-order valence-corrected chi connectivity index (χ0v) is 17.8. The fraction of sp³-hybridized carbons (Fsp3) is 0.833. The molecule has 0 bridgehead atoms. The number of allylic oxidation sites excluding steroid dienone is 1. The molecule has 0 aromatic heterocycles. The lowest BCUT2D eigenvalue weighted by molar-refractivity contribution is -0.136. The lowest BCUT2D eigenvalue weighted by Gasteiger charge is -2.60. The number of aliphatic hydroxyl groups excluding tert-OH is 1. The number of nitrogens with zero attached hydrogens (tertiary/aromatic N) is 1. The Bertz CT molecular complexity index is 728. The summed E-state index contributed by atoms with van der Waals surface area (Å²) in [6.45, 7) is 8.89. The molecule has 5 heteroatoms. The van der Waals surface area contributed by atoms with Crippen molar-refractivity contribution in [1.82, 2.24) is 5.32 Å². The van der Waals surface area contributed by atoms with Crippen molar-refractivity contribution >= 4 is 11.5 Å². The van der Waals surface area contributed by atoms with Crippen LogP contribution in [0.5, 0.6) is 0 Å². The molecule has 0 radical (unpaired) electrons. The molecule has 4 saturated carbocycles. The predicted octanol–water partition coefficient (Wildman–Crippen LogP) is 3.47. The van der Waals surface area contributed by atoms with Crippen LogP contribution < -0.4 is 5.32 Å². The van der Waals surface area contributed by atoms with Gasteiger partial charge in [-0.15, -0.1) is 0 Å². The standard InChI is InChI=1S/C24H36N2O3/c1-15-11-16-12-17(26-29-18-7-10-25-13-18)5-9-24(16,14-27)20-6-8-23(2)19(22(15)20)3-4-21(23)28/h16,18-20,22,25,27H,1,3-14H2,2H3/t16?,18?,19?,20?,22?,23-,24+/m0/s1. The van der Waals surface area contributed by atoms with Crippen LogP contribution >= 0.6 is 0 Å². The van der Waals surface area contributed by atoms with Crippen LogP contribution in [0.1, 0.15) is 64.7 Å². The van der Waals surface area contributed by atoms with Gasteiger partial charge in [0.25, 0.3) is 0 Å². The Labute approximate surface area is 174 Å². The minimum atomic E-state index is -0.155. The molecule has 0 aromatic carbocycles. The number of hydrogen-bond donors (Lipinski definition) is 2. The molecule has 5 unspecified atom stereocenters. The Morgan fingerprint density at radius 3 is 2.83 bits per heavy atom. The summed E-state index contributed by atoms with van der Waals surface area (Å²) in [6.07, 6.45) is 8.81. The molecule has 1 aliphatic heterocycles. The number of rotatable bonds is 3. The average molecular weight is 401 g/mol. The van der Waals surface area contributed by atoms with Gasteiger partial charge in [0.05, 0.1) is 5.71 Å². The quantitative estimate of drug-likeness (QED) is 0.562. The van der Waals surface area contributed by atoms with Crippen LogP contribution in [-0.2, 0) is 9.63 Å². The second-order valence-electron chi connectivity index (χ2n) is 10.7.